The number of hydrogen-bond acceptors (Lipinski definition) is 6. The fourth-order valence-corrected chi connectivity index (χ4v) is 4.02. The first-order valence-corrected chi connectivity index (χ1v) is 10.8. The Morgan fingerprint density at radius 1 is 1.15 bits per heavy atom. The summed E-state index contributed by atoms with van der Waals surface area (Å²) in [6.07, 6.45) is 1.44. The molecule has 0 radical (unpaired) electrons. The van der Waals surface area contributed by atoms with Gasteiger partial charge in [0.05, 0.1) is 24.5 Å². The molecule has 2 aromatic rings. The van der Waals surface area contributed by atoms with E-state index in [1.54, 1.807) is 24.0 Å². The van der Waals surface area contributed by atoms with Crippen molar-refractivity contribution in [1.82, 2.24) is 20.4 Å². The van der Waals surface area contributed by atoms with Crippen LogP contribution >= 0.6 is 0 Å². The largest absolute Gasteiger partial charge is 0.463 e. The zero-order valence-electron chi connectivity index (χ0n) is 18.5. The van der Waals surface area contributed by atoms with Crippen LogP contribution in [0.5, 0.6) is 0 Å². The average molecular weight is 474 g/mol. The van der Waals surface area contributed by atoms with Crippen molar-refractivity contribution in [2.45, 2.75) is 13.0 Å². The predicted octanol–water partition coefficient (Wildman–Crippen LogP) is 2.19. The van der Waals surface area contributed by atoms with Crippen molar-refractivity contribution in [2.75, 3.05) is 39.3 Å². The Balaban J connectivity index is 1.55. The number of nitrogens with one attached hydrogen (secondary N) is 2. The third-order valence-electron chi connectivity index (χ3n) is 5.70. The van der Waals surface area contributed by atoms with E-state index < -0.39 is 29.7 Å². The molecule has 0 saturated carbocycles. The lowest BCUT2D eigenvalue weighted by atomic mass is 9.94. The molecular weight excluding hydrogens is 450 g/mol. The first kappa shape index (κ1) is 23.4. The van der Waals surface area contributed by atoms with E-state index in [1.165, 1.54) is 12.3 Å². The molecule has 1 atom stereocenters. The second-order valence-corrected chi connectivity index (χ2v) is 7.86. The molecule has 3 heterocycles. The van der Waals surface area contributed by atoms with Gasteiger partial charge in [0.25, 0.3) is 5.91 Å². The lowest BCUT2D eigenvalue weighted by molar-refractivity contribution is -0.139. The van der Waals surface area contributed by atoms with Gasteiger partial charge in [-0.05, 0) is 36.8 Å². The number of carbonyl (C=O) groups is 3. The average Bonchev–Trinajstić information content (AvgIpc) is 3.36. The monoisotopic (exact) mass is 474 g/mol. The van der Waals surface area contributed by atoms with E-state index in [-0.39, 0.29) is 36.0 Å². The standard InChI is InChI=1S/C23H24F2N4O5/c1-2-33-22(31)19-17(26-23(32)27-20(19)14-5-6-15(24)16(25)12-14)13-28-7-9-29(10-8-28)21(30)18-4-3-11-34-18/h3-6,11-12,20H,2,7-10,13H2,1H3,(H2,26,27,32). The molecule has 1 aromatic heterocycles. The molecule has 2 aliphatic heterocycles. The van der Waals surface area contributed by atoms with Crippen LogP contribution in [0.4, 0.5) is 13.6 Å². The Labute approximate surface area is 194 Å². The highest BCUT2D eigenvalue weighted by molar-refractivity contribution is 5.95. The number of rotatable bonds is 6. The summed E-state index contributed by atoms with van der Waals surface area (Å²) in [6, 6.07) is 4.86. The molecule has 0 spiro atoms. The summed E-state index contributed by atoms with van der Waals surface area (Å²) in [6.45, 7) is 3.79. The highest BCUT2D eigenvalue weighted by atomic mass is 19.2. The summed E-state index contributed by atoms with van der Waals surface area (Å²) in [5.41, 5.74) is 0.632. The lowest BCUT2D eigenvalue weighted by Gasteiger charge is -2.36. The first-order chi connectivity index (χ1) is 16.4. The molecule has 3 amide bonds. The molecule has 180 valence electrons. The number of ether oxygens (including phenoxy) is 1. The normalized spacial score (nSPS) is 19.0. The quantitative estimate of drug-likeness (QED) is 0.622. The van der Waals surface area contributed by atoms with E-state index in [9.17, 15) is 23.2 Å². The predicted molar refractivity (Wildman–Crippen MR) is 115 cm³/mol. The van der Waals surface area contributed by atoms with Crippen LogP contribution in [0.3, 0.4) is 0 Å². The second-order valence-electron chi connectivity index (χ2n) is 7.86. The highest BCUT2D eigenvalue weighted by Crippen LogP contribution is 2.29. The van der Waals surface area contributed by atoms with Crippen LogP contribution < -0.4 is 10.6 Å². The maximum absolute atomic E-state index is 13.9. The number of halogens is 2. The number of amides is 3. The van der Waals surface area contributed by atoms with Crippen LogP contribution in [-0.2, 0) is 9.53 Å². The van der Waals surface area contributed by atoms with Gasteiger partial charge in [-0.2, -0.15) is 0 Å². The number of hydrogen-bond donors (Lipinski definition) is 2. The minimum atomic E-state index is -1.09. The van der Waals surface area contributed by atoms with Gasteiger partial charge in [-0.3, -0.25) is 9.69 Å². The number of esters is 1. The van der Waals surface area contributed by atoms with Gasteiger partial charge in [0.1, 0.15) is 0 Å². The molecule has 34 heavy (non-hydrogen) atoms. The molecule has 1 saturated heterocycles. The number of piperazine rings is 1. The Morgan fingerprint density at radius 3 is 2.56 bits per heavy atom. The molecule has 9 nitrogen and oxygen atoms in total. The maximum atomic E-state index is 13.9. The van der Waals surface area contributed by atoms with Gasteiger partial charge in [0.2, 0.25) is 0 Å². The number of urea groups is 1. The first-order valence-electron chi connectivity index (χ1n) is 10.8. The van der Waals surface area contributed by atoms with Crippen LogP contribution in [0.15, 0.2) is 52.3 Å². The van der Waals surface area contributed by atoms with Gasteiger partial charge in [0, 0.05) is 38.4 Å². The Hall–Kier alpha value is -3.73. The fraction of sp³-hybridized carbons (Fsp3) is 0.348. The van der Waals surface area contributed by atoms with Crippen molar-refractivity contribution in [3.05, 3.63) is 70.8 Å². The van der Waals surface area contributed by atoms with E-state index in [0.29, 0.717) is 31.9 Å². The highest BCUT2D eigenvalue weighted by Gasteiger charge is 2.35. The van der Waals surface area contributed by atoms with E-state index in [4.69, 9.17) is 9.15 Å². The summed E-state index contributed by atoms with van der Waals surface area (Å²) in [5.74, 6) is -2.74. The molecule has 1 aromatic carbocycles. The van der Waals surface area contributed by atoms with Crippen molar-refractivity contribution >= 4 is 17.9 Å². The molecule has 2 aliphatic rings. The SMILES string of the molecule is CCOC(=O)C1=C(CN2CCN(C(=O)c3ccco3)CC2)NC(=O)NC1c1ccc(F)c(F)c1. The van der Waals surface area contributed by atoms with E-state index in [0.717, 1.165) is 12.1 Å². The summed E-state index contributed by atoms with van der Waals surface area (Å²) >= 11 is 0. The minimum Gasteiger partial charge on any atom is -0.463 e. The molecule has 0 bridgehead atoms. The zero-order chi connectivity index (χ0) is 24.2. The molecular formula is C23H24F2N4O5. The van der Waals surface area contributed by atoms with Gasteiger partial charge in [-0.25, -0.2) is 18.4 Å². The van der Waals surface area contributed by atoms with E-state index in [1.807, 2.05) is 4.90 Å². The molecule has 4 rings (SSSR count). The van der Waals surface area contributed by atoms with E-state index >= 15 is 0 Å². The van der Waals surface area contributed by atoms with Crippen molar-refractivity contribution in [1.29, 1.82) is 0 Å². The van der Waals surface area contributed by atoms with Crippen molar-refractivity contribution in [3.8, 4) is 0 Å². The van der Waals surface area contributed by atoms with Crippen molar-refractivity contribution in [2.24, 2.45) is 0 Å². The number of benzene rings is 1. The minimum absolute atomic E-state index is 0.0988. The van der Waals surface area contributed by atoms with Gasteiger partial charge < -0.3 is 24.7 Å². The van der Waals surface area contributed by atoms with Gasteiger partial charge in [0.15, 0.2) is 17.4 Å². The number of nitrogens with zero attached hydrogens (tertiary/aromatic N) is 2. The van der Waals surface area contributed by atoms with Crippen molar-refractivity contribution in [3.63, 3.8) is 0 Å². The Morgan fingerprint density at radius 2 is 1.91 bits per heavy atom. The maximum Gasteiger partial charge on any atom is 0.338 e. The summed E-state index contributed by atoms with van der Waals surface area (Å²) in [4.78, 5) is 41.4. The Bertz CT molecular complexity index is 1110. The van der Waals surface area contributed by atoms with Gasteiger partial charge in [-0.15, -0.1) is 0 Å². The van der Waals surface area contributed by atoms with Gasteiger partial charge >= 0.3 is 12.0 Å². The van der Waals surface area contributed by atoms with Crippen LogP contribution in [-0.4, -0.2) is 67.0 Å². The lowest BCUT2D eigenvalue weighted by Crippen LogP contribution is -2.52. The molecule has 2 N–H and O–H groups in total. The van der Waals surface area contributed by atoms with E-state index in [2.05, 4.69) is 10.6 Å². The third kappa shape index (κ3) is 4.93. The smallest absolute Gasteiger partial charge is 0.338 e. The molecule has 1 fully saturated rings. The topological polar surface area (TPSA) is 104 Å². The number of carbonyl (C=O) groups excluding carboxylic acids is 3. The van der Waals surface area contributed by atoms with Gasteiger partial charge in [-0.1, -0.05) is 6.07 Å². The third-order valence-corrected chi connectivity index (χ3v) is 5.70. The molecule has 11 heteroatoms. The Kier molecular flexibility index (Phi) is 6.92. The second kappa shape index (κ2) is 10.0. The molecule has 1 unspecified atom stereocenters. The summed E-state index contributed by atoms with van der Waals surface area (Å²) in [7, 11) is 0. The number of furan rings is 1. The molecule has 0 aliphatic carbocycles. The summed E-state index contributed by atoms with van der Waals surface area (Å²) < 4.78 is 37.7. The zero-order valence-corrected chi connectivity index (χ0v) is 18.5. The summed E-state index contributed by atoms with van der Waals surface area (Å²) in [5, 5.41) is 5.25. The van der Waals surface area contributed by atoms with Crippen LogP contribution in [0.2, 0.25) is 0 Å². The van der Waals surface area contributed by atoms with Crippen LogP contribution in [0.1, 0.15) is 29.1 Å². The fourth-order valence-electron chi connectivity index (χ4n) is 4.02. The van der Waals surface area contributed by atoms with Crippen LogP contribution in [0, 0.1) is 11.6 Å². The van der Waals surface area contributed by atoms with Crippen LogP contribution in [0.25, 0.3) is 0 Å². The van der Waals surface area contributed by atoms with Crippen molar-refractivity contribution < 1.29 is 32.3 Å².